The quantitative estimate of drug-likeness (QED) is 0.765. The molecule has 1 aromatic carbocycles. The monoisotopic (exact) mass is 378 g/mol. The van der Waals surface area contributed by atoms with Crippen molar-refractivity contribution >= 4 is 23.9 Å². The predicted molar refractivity (Wildman–Crippen MR) is 105 cm³/mol. The number of benzene rings is 1. The summed E-state index contributed by atoms with van der Waals surface area (Å²) < 4.78 is 5.47. The zero-order chi connectivity index (χ0) is 18.9. The fourth-order valence-electron chi connectivity index (χ4n) is 3.96. The van der Waals surface area contributed by atoms with E-state index in [4.69, 9.17) is 4.74 Å². The summed E-state index contributed by atoms with van der Waals surface area (Å²) in [7, 11) is 0. The molecule has 8 heteroatoms. The van der Waals surface area contributed by atoms with Crippen molar-refractivity contribution in [2.75, 3.05) is 13.1 Å². The van der Waals surface area contributed by atoms with Crippen molar-refractivity contribution in [3.05, 3.63) is 59.4 Å². The third kappa shape index (κ3) is 3.01. The largest absolute Gasteiger partial charge is 0.445 e. The summed E-state index contributed by atoms with van der Waals surface area (Å²) in [5, 5.41) is 1.91. The van der Waals surface area contributed by atoms with Crippen LogP contribution >= 0.6 is 0 Å². The van der Waals surface area contributed by atoms with E-state index >= 15 is 0 Å². The third-order valence-electron chi connectivity index (χ3n) is 5.46. The maximum absolute atomic E-state index is 12.4. The van der Waals surface area contributed by atoms with Crippen LogP contribution in [0.25, 0.3) is 5.70 Å². The molecule has 0 aliphatic carbocycles. The second-order valence-electron chi connectivity index (χ2n) is 7.16. The number of hydrazine groups is 2. The molecular formula is C20H22N6O2. The van der Waals surface area contributed by atoms with Crippen LogP contribution in [0.4, 0.5) is 10.6 Å². The first-order valence-electron chi connectivity index (χ1n) is 9.52. The van der Waals surface area contributed by atoms with E-state index in [1.54, 1.807) is 11.2 Å². The number of fused-ring (bicyclic) bond motifs is 3. The lowest BCUT2D eigenvalue weighted by atomic mass is 9.91. The number of piperidine rings is 1. The van der Waals surface area contributed by atoms with Crippen molar-refractivity contribution in [3.63, 3.8) is 0 Å². The van der Waals surface area contributed by atoms with Crippen molar-refractivity contribution < 1.29 is 9.53 Å². The molecule has 0 bridgehead atoms. The van der Waals surface area contributed by atoms with Crippen molar-refractivity contribution in [1.29, 1.82) is 0 Å². The zero-order valence-corrected chi connectivity index (χ0v) is 15.4. The number of aromatic nitrogens is 1. The molecule has 28 heavy (non-hydrogen) atoms. The normalized spacial score (nSPS) is 18.7. The van der Waals surface area contributed by atoms with Crippen LogP contribution < -0.4 is 11.0 Å². The lowest BCUT2D eigenvalue weighted by Crippen LogP contribution is -2.41. The molecule has 3 aliphatic heterocycles. The fraction of sp³-hybridized carbons (Fsp3) is 0.300. The first kappa shape index (κ1) is 16.9. The minimum absolute atomic E-state index is 0.239. The first-order chi connectivity index (χ1) is 13.8. The zero-order valence-electron chi connectivity index (χ0n) is 15.4. The first-order valence-corrected chi connectivity index (χ1v) is 9.52. The Bertz CT molecular complexity index is 927. The van der Waals surface area contributed by atoms with E-state index in [-0.39, 0.29) is 6.09 Å². The predicted octanol–water partition coefficient (Wildman–Crippen LogP) is 2.73. The van der Waals surface area contributed by atoms with E-state index in [1.807, 2.05) is 47.6 Å². The summed E-state index contributed by atoms with van der Waals surface area (Å²) >= 11 is 0. The number of nitrogens with one attached hydrogen (secondary N) is 3. The summed E-state index contributed by atoms with van der Waals surface area (Å²) in [6, 6.07) is 11.8. The second kappa shape index (κ2) is 7.05. The average molecular weight is 378 g/mol. The lowest BCUT2D eigenvalue weighted by molar-refractivity contribution is 0.0843. The van der Waals surface area contributed by atoms with Gasteiger partial charge in [-0.2, -0.15) is 0 Å². The van der Waals surface area contributed by atoms with Gasteiger partial charge in [-0.25, -0.2) is 14.8 Å². The fourth-order valence-corrected chi connectivity index (χ4v) is 3.96. The summed E-state index contributed by atoms with van der Waals surface area (Å²) in [6.07, 6.45) is 5.21. The minimum Gasteiger partial charge on any atom is -0.445 e. The SMILES string of the molecule is O=C(OCc1ccccc1)N1CCC(C2=C3c4cc[nH]c4N=CN3NN2)CC1. The molecule has 3 N–H and O–H groups in total. The molecule has 0 spiro atoms. The summed E-state index contributed by atoms with van der Waals surface area (Å²) in [5.41, 5.74) is 10.8. The number of aromatic amines is 1. The highest BCUT2D eigenvalue weighted by molar-refractivity contribution is 5.87. The number of allylic oxidation sites excluding steroid dienone is 1. The number of likely N-dealkylation sites (tertiary alicyclic amines) is 1. The standard InChI is InChI=1S/C20H22N6O2/c27-20(28-12-14-4-2-1-3-5-14)25-10-7-15(8-11-25)17-18-16-6-9-21-19(16)22-13-26(18)24-23-17/h1-6,9,13,15,21,23-24H,7-8,10-12H2. The number of H-pyrrole nitrogens is 1. The number of carbonyl (C=O) groups excluding carboxylic acids is 1. The molecule has 0 unspecified atom stereocenters. The molecule has 4 heterocycles. The molecule has 8 nitrogen and oxygen atoms in total. The Balaban J connectivity index is 1.22. The van der Waals surface area contributed by atoms with Gasteiger partial charge in [0.1, 0.15) is 18.8 Å². The molecule has 1 aromatic heterocycles. The van der Waals surface area contributed by atoms with Gasteiger partial charge in [-0.15, -0.1) is 5.53 Å². The molecule has 1 fully saturated rings. The molecule has 0 radical (unpaired) electrons. The maximum atomic E-state index is 12.4. The van der Waals surface area contributed by atoms with Crippen molar-refractivity contribution in [3.8, 4) is 0 Å². The Hall–Kier alpha value is -3.26. The molecule has 0 saturated carbocycles. The van der Waals surface area contributed by atoms with Crippen LogP contribution in [0.1, 0.15) is 24.0 Å². The number of aliphatic imine (C=N–C) groups is 1. The van der Waals surface area contributed by atoms with Crippen molar-refractivity contribution in [1.82, 2.24) is 25.9 Å². The van der Waals surface area contributed by atoms with Gasteiger partial charge in [0.2, 0.25) is 0 Å². The van der Waals surface area contributed by atoms with Gasteiger partial charge in [0.25, 0.3) is 0 Å². The van der Waals surface area contributed by atoms with Crippen LogP contribution in [-0.4, -0.2) is 40.4 Å². The van der Waals surface area contributed by atoms with Crippen LogP contribution in [0.3, 0.4) is 0 Å². The Morgan fingerprint density at radius 3 is 2.82 bits per heavy atom. The van der Waals surface area contributed by atoms with Crippen molar-refractivity contribution in [2.45, 2.75) is 19.4 Å². The van der Waals surface area contributed by atoms with Gasteiger partial charge in [-0.05, 0) is 24.5 Å². The van der Waals surface area contributed by atoms with E-state index in [0.29, 0.717) is 25.6 Å². The average Bonchev–Trinajstić information content (AvgIpc) is 3.39. The van der Waals surface area contributed by atoms with Gasteiger partial charge >= 0.3 is 6.09 Å². The highest BCUT2D eigenvalue weighted by atomic mass is 16.6. The minimum atomic E-state index is -0.239. The highest BCUT2D eigenvalue weighted by Crippen LogP contribution is 2.38. The Morgan fingerprint density at radius 1 is 1.18 bits per heavy atom. The number of amides is 1. The smallest absolute Gasteiger partial charge is 0.410 e. The van der Waals surface area contributed by atoms with Crippen LogP contribution in [-0.2, 0) is 11.3 Å². The molecular weight excluding hydrogens is 356 g/mol. The lowest BCUT2D eigenvalue weighted by Gasteiger charge is -2.32. The van der Waals surface area contributed by atoms with E-state index in [9.17, 15) is 4.79 Å². The van der Waals surface area contributed by atoms with Crippen LogP contribution in [0.5, 0.6) is 0 Å². The number of carbonyl (C=O) groups is 1. The molecule has 2 aromatic rings. The second-order valence-corrected chi connectivity index (χ2v) is 7.16. The summed E-state index contributed by atoms with van der Waals surface area (Å²) in [4.78, 5) is 21.7. The molecule has 1 amide bonds. The van der Waals surface area contributed by atoms with Gasteiger partial charge in [0.15, 0.2) is 0 Å². The molecule has 5 rings (SSSR count). The Labute approximate surface area is 162 Å². The Kier molecular flexibility index (Phi) is 4.25. The van der Waals surface area contributed by atoms with Gasteiger partial charge in [-0.3, -0.25) is 0 Å². The van der Waals surface area contributed by atoms with Gasteiger partial charge < -0.3 is 20.0 Å². The third-order valence-corrected chi connectivity index (χ3v) is 5.46. The molecule has 3 aliphatic rings. The number of hydrogen-bond donors (Lipinski definition) is 3. The summed E-state index contributed by atoms with van der Waals surface area (Å²) in [5.74, 6) is 1.22. The number of ether oxygens (including phenoxy) is 1. The van der Waals surface area contributed by atoms with Crippen LogP contribution in [0.15, 0.2) is 53.3 Å². The number of nitrogens with zero attached hydrogens (tertiary/aromatic N) is 3. The van der Waals surface area contributed by atoms with Gasteiger partial charge in [0, 0.05) is 30.8 Å². The Morgan fingerprint density at radius 2 is 2.00 bits per heavy atom. The van der Waals surface area contributed by atoms with Crippen molar-refractivity contribution in [2.24, 2.45) is 10.9 Å². The van der Waals surface area contributed by atoms with E-state index in [1.165, 1.54) is 0 Å². The molecule has 144 valence electrons. The highest BCUT2D eigenvalue weighted by Gasteiger charge is 2.34. The van der Waals surface area contributed by atoms with E-state index in [0.717, 1.165) is 41.2 Å². The topological polar surface area (TPSA) is 85.0 Å². The maximum Gasteiger partial charge on any atom is 0.410 e. The number of hydrogen-bond acceptors (Lipinski definition) is 6. The van der Waals surface area contributed by atoms with Crippen LogP contribution in [0, 0.1) is 5.92 Å². The van der Waals surface area contributed by atoms with Gasteiger partial charge in [0.05, 0.1) is 11.4 Å². The van der Waals surface area contributed by atoms with Crippen LogP contribution in [0.2, 0.25) is 0 Å². The number of rotatable bonds is 3. The van der Waals surface area contributed by atoms with Gasteiger partial charge in [-0.1, -0.05) is 30.3 Å². The summed E-state index contributed by atoms with van der Waals surface area (Å²) in [6.45, 7) is 1.68. The molecule has 1 saturated heterocycles. The van der Waals surface area contributed by atoms with E-state index in [2.05, 4.69) is 20.9 Å². The van der Waals surface area contributed by atoms with E-state index < -0.39 is 0 Å². The molecule has 0 atom stereocenters.